The zero-order chi connectivity index (χ0) is 33.8. The van der Waals surface area contributed by atoms with Gasteiger partial charge in [-0.25, -0.2) is 9.67 Å². The van der Waals surface area contributed by atoms with Crippen LogP contribution in [0.25, 0.3) is 0 Å². The van der Waals surface area contributed by atoms with E-state index in [9.17, 15) is 19.2 Å². The average Bonchev–Trinajstić information content (AvgIpc) is 3.41. The monoisotopic (exact) mass is 645 g/mol. The Morgan fingerprint density at radius 3 is 2.45 bits per heavy atom. The number of fused-ring (bicyclic) bond motifs is 1. The maximum atomic E-state index is 13.8. The van der Waals surface area contributed by atoms with Crippen LogP contribution in [0.5, 0.6) is 5.75 Å². The van der Waals surface area contributed by atoms with E-state index in [0.29, 0.717) is 62.0 Å². The fraction of sp³-hybridized carbons (Fsp3) is 0.486. The van der Waals surface area contributed by atoms with Crippen molar-refractivity contribution in [3.05, 3.63) is 77.4 Å². The van der Waals surface area contributed by atoms with Crippen molar-refractivity contribution in [2.75, 3.05) is 26.2 Å². The van der Waals surface area contributed by atoms with Crippen molar-refractivity contribution in [3.63, 3.8) is 0 Å². The van der Waals surface area contributed by atoms with Gasteiger partial charge < -0.3 is 25.6 Å². The molecule has 12 nitrogen and oxygen atoms in total. The highest BCUT2D eigenvalue weighted by atomic mass is 16.5. The quantitative estimate of drug-likeness (QED) is 0.357. The van der Waals surface area contributed by atoms with Gasteiger partial charge >= 0.3 is 0 Å². The van der Waals surface area contributed by atoms with Gasteiger partial charge in [-0.1, -0.05) is 63.2 Å². The van der Waals surface area contributed by atoms with E-state index in [1.54, 1.807) is 30.0 Å². The molecular weight excluding hydrogens is 598 g/mol. The normalized spacial score (nSPS) is 18.7. The van der Waals surface area contributed by atoms with Crippen LogP contribution in [0, 0.1) is 12.8 Å². The number of nitrogens with zero attached hydrogens (tertiary/aromatic N) is 4. The summed E-state index contributed by atoms with van der Waals surface area (Å²) >= 11 is 0. The summed E-state index contributed by atoms with van der Waals surface area (Å²) in [5.41, 5.74) is 1.34. The van der Waals surface area contributed by atoms with Gasteiger partial charge in [-0.15, -0.1) is 0 Å². The molecule has 1 aliphatic heterocycles. The molecule has 1 aromatic heterocycles. The number of carbonyl (C=O) groups is 4. The van der Waals surface area contributed by atoms with Crippen molar-refractivity contribution < 1.29 is 23.9 Å². The lowest BCUT2D eigenvalue weighted by molar-refractivity contribution is -0.129. The average molecular weight is 646 g/mol. The largest absolute Gasteiger partial charge is 0.493 e. The fourth-order valence-electron chi connectivity index (χ4n) is 5.51. The summed E-state index contributed by atoms with van der Waals surface area (Å²) < 4.78 is 7.37. The summed E-state index contributed by atoms with van der Waals surface area (Å²) in [7, 11) is 0. The molecule has 47 heavy (non-hydrogen) atoms. The molecule has 0 unspecified atom stereocenters. The van der Waals surface area contributed by atoms with Gasteiger partial charge in [0.1, 0.15) is 24.2 Å². The van der Waals surface area contributed by atoms with Crippen LogP contribution < -0.4 is 20.7 Å². The van der Waals surface area contributed by atoms with E-state index in [-0.39, 0.29) is 48.9 Å². The molecule has 2 aromatic carbocycles. The first-order valence-corrected chi connectivity index (χ1v) is 16.5. The summed E-state index contributed by atoms with van der Waals surface area (Å²) in [5.74, 6) is 0.269. The second kappa shape index (κ2) is 17.3. The van der Waals surface area contributed by atoms with Gasteiger partial charge in [0, 0.05) is 32.5 Å². The number of nitrogens with one attached hydrogen (secondary N) is 3. The van der Waals surface area contributed by atoms with E-state index >= 15 is 0 Å². The van der Waals surface area contributed by atoms with Crippen molar-refractivity contribution in [1.82, 2.24) is 35.6 Å². The lowest BCUT2D eigenvalue weighted by Crippen LogP contribution is -2.50. The molecule has 0 radical (unpaired) electrons. The number of amides is 4. The van der Waals surface area contributed by atoms with Gasteiger partial charge in [0.25, 0.3) is 5.91 Å². The van der Waals surface area contributed by atoms with Gasteiger partial charge in [-0.05, 0) is 49.8 Å². The number of aromatic nitrogens is 3. The van der Waals surface area contributed by atoms with Gasteiger partial charge in [-0.2, -0.15) is 5.10 Å². The molecule has 0 aliphatic carbocycles. The Kier molecular flexibility index (Phi) is 12.9. The van der Waals surface area contributed by atoms with Crippen LogP contribution in [-0.4, -0.2) is 75.6 Å². The van der Waals surface area contributed by atoms with E-state index in [1.165, 1.54) is 4.68 Å². The summed E-state index contributed by atoms with van der Waals surface area (Å²) in [5, 5.41) is 13.4. The topological polar surface area (TPSA) is 148 Å². The van der Waals surface area contributed by atoms with Crippen LogP contribution in [0.3, 0.4) is 0 Å². The highest BCUT2D eigenvalue weighted by Gasteiger charge is 2.30. The Hall–Kier alpha value is -4.74. The van der Waals surface area contributed by atoms with Crippen LogP contribution in [0.4, 0.5) is 0 Å². The van der Waals surface area contributed by atoms with Crippen molar-refractivity contribution in [3.8, 4) is 5.75 Å². The minimum absolute atomic E-state index is 0.0791. The minimum atomic E-state index is -0.855. The van der Waals surface area contributed by atoms with Crippen molar-refractivity contribution in [1.29, 1.82) is 0 Å². The molecule has 0 saturated heterocycles. The number of rotatable bonds is 7. The zero-order valence-electron chi connectivity index (χ0n) is 27.8. The van der Waals surface area contributed by atoms with E-state index < -0.39 is 12.1 Å². The van der Waals surface area contributed by atoms with Crippen molar-refractivity contribution in [2.45, 2.75) is 78.4 Å². The fourth-order valence-corrected chi connectivity index (χ4v) is 5.51. The van der Waals surface area contributed by atoms with Gasteiger partial charge in [0.2, 0.25) is 17.7 Å². The highest BCUT2D eigenvalue weighted by Crippen LogP contribution is 2.22. The Bertz CT molecular complexity index is 1510. The summed E-state index contributed by atoms with van der Waals surface area (Å²) in [6.45, 7) is 9.08. The second-order valence-corrected chi connectivity index (χ2v) is 12.2. The van der Waals surface area contributed by atoms with E-state index in [0.717, 1.165) is 12.0 Å². The highest BCUT2D eigenvalue weighted by molar-refractivity contribution is 5.97. The first kappa shape index (κ1) is 35.1. The van der Waals surface area contributed by atoms with E-state index in [1.807, 2.05) is 57.2 Å². The molecule has 0 fully saturated rings. The van der Waals surface area contributed by atoms with E-state index in [4.69, 9.17) is 4.74 Å². The number of hydrogen-bond donors (Lipinski definition) is 3. The third-order valence-electron chi connectivity index (χ3n) is 7.90. The first-order valence-electron chi connectivity index (χ1n) is 16.5. The molecule has 252 valence electrons. The molecule has 3 aromatic rings. The predicted octanol–water partition coefficient (Wildman–Crippen LogP) is 3.36. The molecule has 0 spiro atoms. The molecule has 4 amide bonds. The molecule has 12 heteroatoms. The third-order valence-corrected chi connectivity index (χ3v) is 7.90. The molecule has 0 bridgehead atoms. The SMILES string of the molecule is CCCOc1ccccc1C(=O)N1CCCNC(=O)Cn2nc(C)nc2[C@H](C(C)C)NC(=O)[C@@H](Cc2ccccc2)NC(=O)CCC1. The molecular formula is C35H47N7O5. The molecule has 2 atom stereocenters. The number of aryl methyl sites for hydroxylation is 1. The number of para-hydroxylation sites is 1. The Morgan fingerprint density at radius 2 is 1.70 bits per heavy atom. The minimum Gasteiger partial charge on any atom is -0.493 e. The molecule has 3 N–H and O–H groups in total. The summed E-state index contributed by atoms with van der Waals surface area (Å²) in [6.07, 6.45) is 2.11. The lowest BCUT2D eigenvalue weighted by Gasteiger charge is -2.26. The van der Waals surface area contributed by atoms with Gasteiger partial charge in [0.15, 0.2) is 5.82 Å². The standard InChI is InChI=1S/C35H47N7O5/c1-5-21-47-29-16-10-9-15-27(29)35(46)41-19-11-17-30(43)38-28(22-26-13-7-6-8-14-26)34(45)39-32(24(2)3)33-37-25(4)40-42(33)23-31(44)36-18-12-20-41/h6-10,13-16,24,28,32H,5,11-12,17-23H2,1-4H3,(H,36,44)(H,38,43)(H,39,45)/t28-,32+/m1/s1. The number of ether oxygens (including phenoxy) is 1. The Labute approximate surface area is 276 Å². The van der Waals surface area contributed by atoms with Crippen LogP contribution >= 0.6 is 0 Å². The lowest BCUT2D eigenvalue weighted by atomic mass is 10.0. The first-order chi connectivity index (χ1) is 22.7. The smallest absolute Gasteiger partial charge is 0.257 e. The Balaban J connectivity index is 1.60. The zero-order valence-corrected chi connectivity index (χ0v) is 27.8. The molecule has 0 saturated carbocycles. The predicted molar refractivity (Wildman–Crippen MR) is 178 cm³/mol. The second-order valence-electron chi connectivity index (χ2n) is 12.2. The van der Waals surface area contributed by atoms with Crippen LogP contribution in [0.1, 0.15) is 80.1 Å². The maximum Gasteiger partial charge on any atom is 0.257 e. The summed E-state index contributed by atoms with van der Waals surface area (Å²) in [4.78, 5) is 60.2. The number of carbonyl (C=O) groups excluding carboxylic acids is 4. The van der Waals surface area contributed by atoms with Crippen molar-refractivity contribution >= 4 is 23.6 Å². The molecule has 4 rings (SSSR count). The third kappa shape index (κ3) is 10.1. The van der Waals surface area contributed by atoms with E-state index in [2.05, 4.69) is 26.0 Å². The van der Waals surface area contributed by atoms with Crippen molar-refractivity contribution in [2.24, 2.45) is 5.92 Å². The van der Waals surface area contributed by atoms with Gasteiger partial charge in [0.05, 0.1) is 18.2 Å². The summed E-state index contributed by atoms with van der Waals surface area (Å²) in [6, 6.07) is 15.2. The Morgan fingerprint density at radius 1 is 0.979 bits per heavy atom. The van der Waals surface area contributed by atoms with Crippen LogP contribution in [-0.2, 0) is 27.3 Å². The maximum absolute atomic E-state index is 13.8. The number of hydrogen-bond acceptors (Lipinski definition) is 7. The van der Waals surface area contributed by atoms with Crippen LogP contribution in [0.15, 0.2) is 54.6 Å². The van der Waals surface area contributed by atoms with Crippen LogP contribution in [0.2, 0.25) is 0 Å². The van der Waals surface area contributed by atoms with Gasteiger partial charge in [-0.3, -0.25) is 19.2 Å². The molecule has 1 aliphatic rings. The number of benzene rings is 2. The molecule has 2 heterocycles.